The lowest BCUT2D eigenvalue weighted by Gasteiger charge is -2.23. The average Bonchev–Trinajstić information content (AvgIpc) is 3.99. The van der Waals surface area contributed by atoms with E-state index in [1.54, 1.807) is 23.5 Å². The van der Waals surface area contributed by atoms with Gasteiger partial charge in [0.2, 0.25) is 0 Å². The summed E-state index contributed by atoms with van der Waals surface area (Å²) >= 11 is 5.54. The SMILES string of the molecule is CCCCCCCCCCCC(F)(F)c1c2cc(-c3sc(C)c4cc(C(=O)C(CC)CCCC)sc34)sc2c(C(F)(F)CCCCCCCCCCC)c2cc(C)sc12. The number of unbranched alkanes of at least 4 members (excludes halogenated alkanes) is 17. The van der Waals surface area contributed by atoms with Crippen molar-refractivity contribution in [2.24, 2.45) is 5.92 Å². The van der Waals surface area contributed by atoms with Crippen LogP contribution in [0.5, 0.6) is 0 Å². The summed E-state index contributed by atoms with van der Waals surface area (Å²) in [5.74, 6) is -6.21. The fraction of sp³-hybridized carbons (Fsp3) is 0.660. The second kappa shape index (κ2) is 23.0. The molecule has 0 spiro atoms. The largest absolute Gasteiger partial charge is 0.293 e. The van der Waals surface area contributed by atoms with Gasteiger partial charge in [0.05, 0.1) is 14.5 Å². The van der Waals surface area contributed by atoms with Crippen molar-refractivity contribution in [3.8, 4) is 9.75 Å². The third kappa shape index (κ3) is 12.2. The molecule has 0 aliphatic carbocycles. The molecule has 0 aliphatic heterocycles. The summed E-state index contributed by atoms with van der Waals surface area (Å²) in [5.41, 5.74) is -0.142. The minimum atomic E-state index is -3.17. The van der Waals surface area contributed by atoms with Gasteiger partial charge in [-0.1, -0.05) is 143 Å². The van der Waals surface area contributed by atoms with E-state index in [0.717, 1.165) is 112 Å². The molecular weight excluding hydrogens is 821 g/mol. The molecule has 0 bridgehead atoms. The first-order valence-electron chi connectivity index (χ1n) is 23.2. The lowest BCUT2D eigenvalue weighted by Crippen LogP contribution is -2.18. The van der Waals surface area contributed by atoms with Gasteiger partial charge in [-0.3, -0.25) is 4.79 Å². The first-order valence-corrected chi connectivity index (χ1v) is 26.5. The van der Waals surface area contributed by atoms with Gasteiger partial charge in [-0.2, -0.15) is 0 Å². The Balaban J connectivity index is 1.53. The van der Waals surface area contributed by atoms with Crippen LogP contribution >= 0.6 is 45.3 Å². The molecule has 0 saturated heterocycles. The van der Waals surface area contributed by atoms with E-state index in [1.165, 1.54) is 85.4 Å². The number of carbonyl (C=O) groups excluding carboxylic acids is 1. The maximum absolute atomic E-state index is 16.9. The minimum absolute atomic E-state index is 0.0305. The molecule has 5 aromatic rings. The van der Waals surface area contributed by atoms with E-state index in [0.29, 0.717) is 27.6 Å². The third-order valence-electron chi connectivity index (χ3n) is 12.3. The molecule has 0 fully saturated rings. The van der Waals surface area contributed by atoms with Crippen molar-refractivity contribution in [2.75, 3.05) is 0 Å². The number of fused-ring (bicyclic) bond motifs is 3. The maximum Gasteiger partial charge on any atom is 0.275 e. The highest BCUT2D eigenvalue weighted by atomic mass is 32.1. The van der Waals surface area contributed by atoms with E-state index in [1.807, 2.05) is 19.9 Å². The first-order chi connectivity index (χ1) is 28.4. The van der Waals surface area contributed by atoms with Crippen molar-refractivity contribution in [1.82, 2.24) is 0 Å². The number of alkyl halides is 4. The van der Waals surface area contributed by atoms with Crippen molar-refractivity contribution >= 4 is 81.4 Å². The summed E-state index contributed by atoms with van der Waals surface area (Å²) in [7, 11) is 0. The van der Waals surface area contributed by atoms with E-state index in [4.69, 9.17) is 0 Å². The minimum Gasteiger partial charge on any atom is -0.293 e. The number of thiophene rings is 4. The van der Waals surface area contributed by atoms with Gasteiger partial charge in [-0.15, -0.1) is 45.3 Å². The van der Waals surface area contributed by atoms with Crippen LogP contribution in [-0.4, -0.2) is 5.78 Å². The molecule has 0 amide bonds. The topological polar surface area (TPSA) is 17.1 Å². The highest BCUT2D eigenvalue weighted by Gasteiger charge is 2.42. The van der Waals surface area contributed by atoms with Gasteiger partial charge < -0.3 is 0 Å². The van der Waals surface area contributed by atoms with Crippen molar-refractivity contribution in [1.29, 1.82) is 0 Å². The smallest absolute Gasteiger partial charge is 0.275 e. The van der Waals surface area contributed by atoms with E-state index in [2.05, 4.69) is 27.7 Å². The van der Waals surface area contributed by atoms with Crippen LogP contribution in [0.3, 0.4) is 0 Å². The van der Waals surface area contributed by atoms with E-state index < -0.39 is 11.8 Å². The van der Waals surface area contributed by atoms with Gasteiger partial charge >= 0.3 is 0 Å². The molecule has 59 heavy (non-hydrogen) atoms. The van der Waals surface area contributed by atoms with Gasteiger partial charge in [-0.05, 0) is 57.7 Å². The lowest BCUT2D eigenvalue weighted by molar-refractivity contribution is -0.0153. The quantitative estimate of drug-likeness (QED) is 0.0266. The predicted octanol–water partition coefficient (Wildman–Crippen LogP) is 20.1. The molecule has 1 aromatic carbocycles. The van der Waals surface area contributed by atoms with Crippen molar-refractivity contribution < 1.29 is 22.4 Å². The molecule has 1 atom stereocenters. The monoisotopic (exact) mass is 890 g/mol. The number of hydrogen-bond donors (Lipinski definition) is 0. The Morgan fingerprint density at radius 3 is 1.53 bits per heavy atom. The molecule has 4 heterocycles. The number of Topliss-reactive ketones (excluding diaryl/α,β-unsaturated/α-hetero) is 1. The molecule has 0 N–H and O–H groups in total. The molecule has 4 aromatic heterocycles. The highest BCUT2D eigenvalue weighted by molar-refractivity contribution is 7.31. The molecule has 328 valence electrons. The van der Waals surface area contributed by atoms with Crippen LogP contribution in [-0.2, 0) is 11.8 Å². The Bertz CT molecular complexity index is 1970. The van der Waals surface area contributed by atoms with Crippen LogP contribution in [0.15, 0.2) is 18.2 Å². The fourth-order valence-corrected chi connectivity index (χ4v) is 13.9. The summed E-state index contributed by atoms with van der Waals surface area (Å²) < 4.78 is 69.3. The summed E-state index contributed by atoms with van der Waals surface area (Å²) in [6.07, 6.45) is 21.4. The molecule has 0 saturated carbocycles. The zero-order valence-electron chi connectivity index (χ0n) is 36.8. The summed E-state index contributed by atoms with van der Waals surface area (Å²) in [6, 6.07) is 5.55. The van der Waals surface area contributed by atoms with Crippen molar-refractivity contribution in [2.45, 2.75) is 207 Å². The van der Waals surface area contributed by atoms with Gasteiger partial charge in [0.15, 0.2) is 5.78 Å². The maximum atomic E-state index is 16.9. The Hall–Kier alpha value is -1.81. The van der Waals surface area contributed by atoms with Gasteiger partial charge in [0.25, 0.3) is 11.8 Å². The molecule has 1 nitrogen and oxygen atoms in total. The van der Waals surface area contributed by atoms with E-state index in [9.17, 15) is 4.79 Å². The molecule has 9 heteroatoms. The fourth-order valence-electron chi connectivity index (χ4n) is 8.83. The van der Waals surface area contributed by atoms with E-state index >= 15 is 17.6 Å². The summed E-state index contributed by atoms with van der Waals surface area (Å²) in [6.45, 7) is 12.5. The zero-order chi connectivity index (χ0) is 42.6. The Morgan fingerprint density at radius 2 is 1.02 bits per heavy atom. The van der Waals surface area contributed by atoms with Gasteiger partial charge in [0, 0.05) is 70.1 Å². The molecular formula is C50H70F4OS4. The van der Waals surface area contributed by atoms with Crippen LogP contribution in [0, 0.1) is 19.8 Å². The molecule has 0 radical (unpaired) electrons. The molecule has 5 rings (SSSR count). The van der Waals surface area contributed by atoms with E-state index in [-0.39, 0.29) is 41.1 Å². The first kappa shape index (κ1) is 48.2. The van der Waals surface area contributed by atoms with Crippen molar-refractivity contribution in [3.05, 3.63) is 44.0 Å². The second-order valence-electron chi connectivity index (χ2n) is 17.2. The number of carbonyl (C=O) groups is 1. The van der Waals surface area contributed by atoms with Gasteiger partial charge in [-0.25, -0.2) is 17.6 Å². The van der Waals surface area contributed by atoms with Gasteiger partial charge in [0.1, 0.15) is 0 Å². The summed E-state index contributed by atoms with van der Waals surface area (Å²) in [5, 5.41) is 1.58. The molecule has 0 aliphatic rings. The standard InChI is InChI=1S/C50H70F4OS4/c1-7-11-14-16-18-20-22-24-26-29-49(51,52)42-38-31-34(5)56-45(38)43(50(53,54)30-27-25-23-21-19-17-15-12-8-2)39-33-41(59-46(39)42)48-47-37(35(6)57-48)32-40(58-47)44(55)36(10-4)28-13-9-3/h31-33,36H,7-30H2,1-6H3. The third-order valence-corrected chi connectivity index (χ3v) is 17.1. The van der Waals surface area contributed by atoms with Crippen LogP contribution < -0.4 is 0 Å². The van der Waals surface area contributed by atoms with Crippen LogP contribution in [0.4, 0.5) is 17.6 Å². The molecule has 1 unspecified atom stereocenters. The van der Waals surface area contributed by atoms with Crippen LogP contribution in [0.2, 0.25) is 0 Å². The second-order valence-corrected chi connectivity index (χ2v) is 21.8. The zero-order valence-corrected chi connectivity index (χ0v) is 40.1. The Kier molecular flexibility index (Phi) is 18.8. The number of hydrogen-bond acceptors (Lipinski definition) is 5. The van der Waals surface area contributed by atoms with Crippen molar-refractivity contribution in [3.63, 3.8) is 0 Å². The number of halogens is 4. The number of aryl methyl sites for hydroxylation is 2. The normalized spacial score (nSPS) is 13.2. The number of benzene rings is 1. The average molecular weight is 891 g/mol. The Labute approximate surface area is 368 Å². The van der Waals surface area contributed by atoms with Crippen LogP contribution in [0.1, 0.15) is 212 Å². The highest BCUT2D eigenvalue weighted by Crippen LogP contribution is 2.55. The number of ketones is 1. The summed E-state index contributed by atoms with van der Waals surface area (Å²) in [4.78, 5) is 17.9. The lowest BCUT2D eigenvalue weighted by atomic mass is 9.91. The Morgan fingerprint density at radius 1 is 0.542 bits per heavy atom. The predicted molar refractivity (Wildman–Crippen MR) is 254 cm³/mol. The van der Waals surface area contributed by atoms with Crippen LogP contribution in [0.25, 0.3) is 40.0 Å². The number of rotatable bonds is 29.